The number of carbonyl (C=O) groups is 1. The van der Waals surface area contributed by atoms with Crippen LogP contribution in [0.5, 0.6) is 0 Å². The number of alkyl halides is 3. The van der Waals surface area contributed by atoms with Crippen LogP contribution in [-0.2, 0) is 25.6 Å². The molecule has 33 heavy (non-hydrogen) atoms. The van der Waals surface area contributed by atoms with E-state index in [2.05, 4.69) is 10.6 Å². The molecule has 0 spiro atoms. The summed E-state index contributed by atoms with van der Waals surface area (Å²) in [6, 6.07) is 9.32. The fraction of sp³-hybridized carbons (Fsp3) is 0.480. The van der Waals surface area contributed by atoms with Gasteiger partial charge in [-0.1, -0.05) is 31.0 Å². The van der Waals surface area contributed by atoms with Crippen LogP contribution in [0.2, 0.25) is 0 Å². The van der Waals surface area contributed by atoms with E-state index in [1.165, 1.54) is 6.07 Å². The third kappa shape index (κ3) is 5.79. The van der Waals surface area contributed by atoms with Crippen molar-refractivity contribution in [3.05, 3.63) is 58.7 Å². The first-order valence-electron chi connectivity index (χ1n) is 11.6. The Kier molecular flexibility index (Phi) is 7.12. The second-order valence-corrected chi connectivity index (χ2v) is 8.90. The lowest BCUT2D eigenvalue weighted by Crippen LogP contribution is -2.30. The van der Waals surface area contributed by atoms with Crippen LogP contribution in [0.25, 0.3) is 0 Å². The van der Waals surface area contributed by atoms with E-state index >= 15 is 0 Å². The average Bonchev–Trinajstić information content (AvgIpc) is 3.07. The van der Waals surface area contributed by atoms with Crippen molar-refractivity contribution in [1.82, 2.24) is 5.32 Å². The molecule has 178 valence electrons. The first-order chi connectivity index (χ1) is 15.8. The molecule has 1 aliphatic carbocycles. The van der Waals surface area contributed by atoms with Crippen LogP contribution in [0.1, 0.15) is 54.4 Å². The minimum atomic E-state index is -4.43. The van der Waals surface area contributed by atoms with Crippen LogP contribution in [-0.4, -0.2) is 30.3 Å². The van der Waals surface area contributed by atoms with Gasteiger partial charge in [0.1, 0.15) is 0 Å². The average molecular weight is 462 g/mol. The Morgan fingerprint density at radius 2 is 1.85 bits per heavy atom. The van der Waals surface area contributed by atoms with Gasteiger partial charge in [0.15, 0.2) is 0 Å². The standard InChI is InChI=1S/C25H30F3N3O2/c26-25(27,28)21-11-8-17(14-23(21)31-12-3-1-2-4-13-31)16-29-24(33)30-22-7-5-6-18-9-10-19(32)15-20(18)22/h5-8,11,14,19,32H,1-4,9-10,12-13,15-16H2,(H2,29,30,33). The van der Waals surface area contributed by atoms with E-state index in [1.807, 2.05) is 17.0 Å². The number of hydrogen-bond acceptors (Lipinski definition) is 3. The van der Waals surface area contributed by atoms with E-state index in [4.69, 9.17) is 0 Å². The smallest absolute Gasteiger partial charge is 0.393 e. The van der Waals surface area contributed by atoms with Crippen molar-refractivity contribution < 1.29 is 23.1 Å². The van der Waals surface area contributed by atoms with Crippen LogP contribution >= 0.6 is 0 Å². The summed E-state index contributed by atoms with van der Waals surface area (Å²) in [6.45, 7) is 1.32. The topological polar surface area (TPSA) is 64.6 Å². The van der Waals surface area contributed by atoms with Gasteiger partial charge >= 0.3 is 12.2 Å². The second kappa shape index (κ2) is 10.0. The Balaban J connectivity index is 1.46. The van der Waals surface area contributed by atoms with Gasteiger partial charge in [0.05, 0.1) is 11.7 Å². The van der Waals surface area contributed by atoms with Crippen LogP contribution in [0.4, 0.5) is 29.3 Å². The van der Waals surface area contributed by atoms with Gasteiger partial charge in [-0.25, -0.2) is 4.79 Å². The molecule has 1 saturated heterocycles. The predicted octanol–water partition coefficient (Wildman–Crippen LogP) is 5.26. The molecule has 3 N–H and O–H groups in total. The highest BCUT2D eigenvalue weighted by molar-refractivity contribution is 5.90. The van der Waals surface area contributed by atoms with Crippen molar-refractivity contribution in [1.29, 1.82) is 0 Å². The maximum atomic E-state index is 13.6. The third-order valence-electron chi connectivity index (χ3n) is 6.48. The number of halogens is 3. The summed E-state index contributed by atoms with van der Waals surface area (Å²) in [4.78, 5) is 14.4. The van der Waals surface area contributed by atoms with E-state index in [0.717, 1.165) is 49.3 Å². The van der Waals surface area contributed by atoms with Crippen LogP contribution in [0.3, 0.4) is 0 Å². The number of aryl methyl sites for hydroxylation is 1. The molecule has 4 rings (SSSR count). The van der Waals surface area contributed by atoms with Gasteiger partial charge in [0.2, 0.25) is 0 Å². The van der Waals surface area contributed by atoms with Gasteiger partial charge in [-0.2, -0.15) is 13.2 Å². The molecule has 2 aromatic rings. The van der Waals surface area contributed by atoms with Crippen LogP contribution in [0, 0.1) is 0 Å². The number of hydrogen-bond donors (Lipinski definition) is 3. The largest absolute Gasteiger partial charge is 0.418 e. The maximum absolute atomic E-state index is 13.6. The molecule has 0 saturated carbocycles. The molecule has 8 heteroatoms. The third-order valence-corrected chi connectivity index (χ3v) is 6.48. The molecule has 2 aliphatic rings. The van der Waals surface area contributed by atoms with Crippen molar-refractivity contribution in [2.75, 3.05) is 23.3 Å². The zero-order valence-corrected chi connectivity index (χ0v) is 18.5. The molecule has 1 aliphatic heterocycles. The number of carbonyl (C=O) groups excluding carboxylic acids is 1. The molecule has 0 bridgehead atoms. The zero-order chi connectivity index (χ0) is 23.4. The van der Waals surface area contributed by atoms with E-state index in [-0.39, 0.29) is 12.2 Å². The number of nitrogens with zero attached hydrogens (tertiary/aromatic N) is 1. The van der Waals surface area contributed by atoms with E-state index in [0.29, 0.717) is 37.2 Å². The summed E-state index contributed by atoms with van der Waals surface area (Å²) in [7, 11) is 0. The van der Waals surface area contributed by atoms with E-state index in [9.17, 15) is 23.1 Å². The fourth-order valence-corrected chi connectivity index (χ4v) is 4.74. The van der Waals surface area contributed by atoms with E-state index in [1.54, 1.807) is 12.1 Å². The Hall–Kier alpha value is -2.74. The van der Waals surface area contributed by atoms with Crippen molar-refractivity contribution in [3.63, 3.8) is 0 Å². The molecular weight excluding hydrogens is 431 g/mol. The monoisotopic (exact) mass is 461 g/mol. The molecule has 1 unspecified atom stereocenters. The second-order valence-electron chi connectivity index (χ2n) is 8.90. The number of aliphatic hydroxyl groups is 1. The number of amides is 2. The quantitative estimate of drug-likeness (QED) is 0.582. The van der Waals surface area contributed by atoms with Crippen LogP contribution < -0.4 is 15.5 Å². The lowest BCUT2D eigenvalue weighted by Gasteiger charge is -2.27. The van der Waals surface area contributed by atoms with Crippen LogP contribution in [0.15, 0.2) is 36.4 Å². The molecule has 5 nitrogen and oxygen atoms in total. The fourth-order valence-electron chi connectivity index (χ4n) is 4.74. The highest BCUT2D eigenvalue weighted by Crippen LogP contribution is 2.38. The lowest BCUT2D eigenvalue weighted by atomic mass is 9.88. The highest BCUT2D eigenvalue weighted by Gasteiger charge is 2.35. The van der Waals surface area contributed by atoms with Gasteiger partial charge < -0.3 is 20.6 Å². The van der Waals surface area contributed by atoms with Gasteiger partial charge in [0.25, 0.3) is 0 Å². The Bertz CT molecular complexity index is 985. The summed E-state index contributed by atoms with van der Waals surface area (Å²) in [5, 5.41) is 15.6. The van der Waals surface area contributed by atoms with Gasteiger partial charge in [-0.3, -0.25) is 0 Å². The van der Waals surface area contributed by atoms with Crippen molar-refractivity contribution in [2.45, 2.75) is 63.8 Å². The molecule has 0 radical (unpaired) electrons. The molecule has 1 fully saturated rings. The molecular formula is C25H30F3N3O2. The first kappa shape index (κ1) is 23.4. The number of nitrogens with one attached hydrogen (secondary N) is 2. The van der Waals surface area contributed by atoms with Gasteiger partial charge in [-0.15, -0.1) is 0 Å². The highest BCUT2D eigenvalue weighted by atomic mass is 19.4. The Morgan fingerprint density at radius 3 is 2.58 bits per heavy atom. The molecule has 2 aromatic carbocycles. The summed E-state index contributed by atoms with van der Waals surface area (Å²) in [5.41, 5.74) is 2.87. The molecule has 0 aromatic heterocycles. The lowest BCUT2D eigenvalue weighted by molar-refractivity contribution is -0.137. The van der Waals surface area contributed by atoms with Gasteiger partial charge in [-0.05, 0) is 60.6 Å². The number of rotatable bonds is 4. The normalized spacial score (nSPS) is 18.9. The Labute approximate surface area is 192 Å². The van der Waals surface area contributed by atoms with E-state index < -0.39 is 23.9 Å². The summed E-state index contributed by atoms with van der Waals surface area (Å²) in [6.07, 6.45) is 0.906. The first-order valence-corrected chi connectivity index (χ1v) is 11.6. The number of urea groups is 1. The van der Waals surface area contributed by atoms with Gasteiger partial charge in [0, 0.05) is 37.4 Å². The Morgan fingerprint density at radius 1 is 1.09 bits per heavy atom. The summed E-state index contributed by atoms with van der Waals surface area (Å²) in [5.74, 6) is 0. The number of fused-ring (bicyclic) bond motifs is 1. The number of benzene rings is 2. The number of aliphatic hydroxyl groups excluding tert-OH is 1. The number of anilines is 2. The molecule has 1 heterocycles. The molecule has 1 atom stereocenters. The van der Waals surface area contributed by atoms with Crippen molar-refractivity contribution >= 4 is 17.4 Å². The zero-order valence-electron chi connectivity index (χ0n) is 18.5. The minimum absolute atomic E-state index is 0.114. The summed E-state index contributed by atoms with van der Waals surface area (Å²) < 4.78 is 40.9. The predicted molar refractivity (Wildman–Crippen MR) is 122 cm³/mol. The minimum Gasteiger partial charge on any atom is -0.393 e. The maximum Gasteiger partial charge on any atom is 0.418 e. The SMILES string of the molecule is O=C(NCc1ccc(C(F)(F)F)c(N2CCCCCC2)c1)Nc1cccc2c1CC(O)CC2. The summed E-state index contributed by atoms with van der Waals surface area (Å²) >= 11 is 0. The van der Waals surface area contributed by atoms with Crippen molar-refractivity contribution in [2.24, 2.45) is 0 Å². The van der Waals surface area contributed by atoms with Crippen molar-refractivity contribution in [3.8, 4) is 0 Å². The molecule has 2 amide bonds.